The number of carbonyl (C=O) groups excluding carboxylic acids is 1. The SMILES string of the molecule is CCOC(=O)C[C@H]1[C@]2(CC)CN(c3nc(N4CCC4C)nc4c3CCC4(F)F)C[C@]12CC. The fourth-order valence-electron chi connectivity index (χ4n) is 7.06. The van der Waals surface area contributed by atoms with Crippen molar-refractivity contribution in [2.45, 2.75) is 78.2 Å². The molecule has 2 saturated heterocycles. The van der Waals surface area contributed by atoms with E-state index in [-0.39, 0.29) is 40.9 Å². The van der Waals surface area contributed by atoms with E-state index in [0.29, 0.717) is 36.8 Å². The van der Waals surface area contributed by atoms with E-state index in [0.717, 1.165) is 38.9 Å². The van der Waals surface area contributed by atoms with Gasteiger partial charge in [-0.2, -0.15) is 13.8 Å². The van der Waals surface area contributed by atoms with Gasteiger partial charge in [0.25, 0.3) is 5.92 Å². The van der Waals surface area contributed by atoms with E-state index in [9.17, 15) is 13.6 Å². The van der Waals surface area contributed by atoms with Gasteiger partial charge >= 0.3 is 5.97 Å². The molecule has 0 bridgehead atoms. The monoisotopic (exact) mass is 448 g/mol. The first-order valence-corrected chi connectivity index (χ1v) is 12.2. The number of esters is 1. The zero-order chi connectivity index (χ0) is 22.9. The molecule has 0 aromatic carbocycles. The van der Waals surface area contributed by atoms with Crippen LogP contribution >= 0.6 is 0 Å². The zero-order valence-electron chi connectivity index (χ0n) is 19.6. The van der Waals surface area contributed by atoms with E-state index in [1.807, 2.05) is 11.8 Å². The molecule has 1 unspecified atom stereocenters. The van der Waals surface area contributed by atoms with Gasteiger partial charge in [-0.25, -0.2) is 4.98 Å². The quantitative estimate of drug-likeness (QED) is 0.580. The van der Waals surface area contributed by atoms with Crippen molar-refractivity contribution in [2.24, 2.45) is 16.7 Å². The van der Waals surface area contributed by atoms with Crippen molar-refractivity contribution in [3.63, 3.8) is 0 Å². The highest BCUT2D eigenvalue weighted by Crippen LogP contribution is 2.77. The Kier molecular flexibility index (Phi) is 4.95. The lowest BCUT2D eigenvalue weighted by atomic mass is 9.92. The Morgan fingerprint density at radius 3 is 2.38 bits per heavy atom. The van der Waals surface area contributed by atoms with Gasteiger partial charge in [-0.05, 0) is 56.3 Å². The largest absolute Gasteiger partial charge is 0.466 e. The number of alkyl halides is 2. The van der Waals surface area contributed by atoms with Crippen molar-refractivity contribution in [1.29, 1.82) is 0 Å². The minimum atomic E-state index is -2.89. The fourth-order valence-corrected chi connectivity index (χ4v) is 7.06. The first-order valence-electron chi connectivity index (χ1n) is 12.2. The maximum absolute atomic E-state index is 14.7. The molecule has 32 heavy (non-hydrogen) atoms. The molecule has 4 aliphatic rings. The highest BCUT2D eigenvalue weighted by atomic mass is 19.3. The highest BCUT2D eigenvalue weighted by Gasteiger charge is 2.78. The van der Waals surface area contributed by atoms with Crippen LogP contribution in [0.25, 0.3) is 0 Å². The molecule has 176 valence electrons. The van der Waals surface area contributed by atoms with Crippen LogP contribution in [0.3, 0.4) is 0 Å². The molecule has 4 atom stereocenters. The van der Waals surface area contributed by atoms with Gasteiger partial charge in [0.1, 0.15) is 11.5 Å². The minimum Gasteiger partial charge on any atom is -0.466 e. The molecule has 0 N–H and O–H groups in total. The van der Waals surface area contributed by atoms with E-state index in [1.165, 1.54) is 0 Å². The van der Waals surface area contributed by atoms with Crippen LogP contribution in [0.4, 0.5) is 20.5 Å². The van der Waals surface area contributed by atoms with Gasteiger partial charge in [0.2, 0.25) is 5.95 Å². The molecule has 8 heteroatoms. The van der Waals surface area contributed by atoms with Crippen LogP contribution in [0.15, 0.2) is 0 Å². The summed E-state index contributed by atoms with van der Waals surface area (Å²) < 4.78 is 34.7. The van der Waals surface area contributed by atoms with Crippen LogP contribution in [-0.2, 0) is 21.9 Å². The summed E-state index contributed by atoms with van der Waals surface area (Å²) in [7, 11) is 0. The number of aromatic nitrogens is 2. The summed E-state index contributed by atoms with van der Waals surface area (Å²) in [5, 5.41) is 0. The Morgan fingerprint density at radius 2 is 1.84 bits per heavy atom. The van der Waals surface area contributed by atoms with Crippen LogP contribution < -0.4 is 9.80 Å². The maximum Gasteiger partial charge on any atom is 0.306 e. The number of piperidine rings is 1. The molecule has 3 fully saturated rings. The third kappa shape index (κ3) is 2.83. The minimum absolute atomic E-state index is 0.0116. The molecule has 3 heterocycles. The normalized spacial score (nSPS) is 34.2. The van der Waals surface area contributed by atoms with Crippen molar-refractivity contribution >= 4 is 17.7 Å². The third-order valence-corrected chi connectivity index (χ3v) is 9.01. The average Bonchev–Trinajstić information content (AvgIpc) is 3.00. The topological polar surface area (TPSA) is 58.6 Å². The lowest BCUT2D eigenvalue weighted by Gasteiger charge is -2.39. The van der Waals surface area contributed by atoms with Crippen LogP contribution in [-0.4, -0.2) is 48.2 Å². The van der Waals surface area contributed by atoms with E-state index in [2.05, 4.69) is 30.7 Å². The van der Waals surface area contributed by atoms with Gasteiger partial charge in [-0.1, -0.05) is 13.8 Å². The number of nitrogens with zero attached hydrogens (tertiary/aromatic N) is 4. The lowest BCUT2D eigenvalue weighted by molar-refractivity contribution is -0.143. The third-order valence-electron chi connectivity index (χ3n) is 9.01. The zero-order valence-corrected chi connectivity index (χ0v) is 19.6. The molecule has 0 radical (unpaired) electrons. The van der Waals surface area contributed by atoms with Crippen molar-refractivity contribution in [1.82, 2.24) is 9.97 Å². The molecule has 0 amide bonds. The van der Waals surface area contributed by atoms with Crippen LogP contribution in [0.5, 0.6) is 0 Å². The molecule has 1 saturated carbocycles. The smallest absolute Gasteiger partial charge is 0.306 e. The van der Waals surface area contributed by atoms with Gasteiger partial charge in [-0.15, -0.1) is 0 Å². The van der Waals surface area contributed by atoms with Crippen molar-refractivity contribution in [3.05, 3.63) is 11.3 Å². The molecule has 6 nitrogen and oxygen atoms in total. The lowest BCUT2D eigenvalue weighted by Crippen LogP contribution is -2.47. The summed E-state index contributed by atoms with van der Waals surface area (Å²) in [6.07, 6.45) is 3.51. The number of halogens is 2. The second-order valence-electron chi connectivity index (χ2n) is 10.1. The average molecular weight is 449 g/mol. The summed E-state index contributed by atoms with van der Waals surface area (Å²) in [6.45, 7) is 11.0. The number of fused-ring (bicyclic) bond motifs is 2. The number of hydrogen-bond acceptors (Lipinski definition) is 6. The summed E-state index contributed by atoms with van der Waals surface area (Å²) in [5.74, 6) is -1.60. The van der Waals surface area contributed by atoms with Crippen molar-refractivity contribution in [2.75, 3.05) is 36.0 Å². The second-order valence-corrected chi connectivity index (χ2v) is 10.1. The van der Waals surface area contributed by atoms with Gasteiger partial charge < -0.3 is 14.5 Å². The van der Waals surface area contributed by atoms with Gasteiger partial charge in [-0.3, -0.25) is 4.79 Å². The summed E-state index contributed by atoms with van der Waals surface area (Å²) >= 11 is 0. The molecule has 2 aliphatic heterocycles. The fraction of sp³-hybridized carbons (Fsp3) is 0.792. The van der Waals surface area contributed by atoms with Gasteiger partial charge in [0, 0.05) is 44.1 Å². The summed E-state index contributed by atoms with van der Waals surface area (Å²) in [6, 6.07) is 0.279. The van der Waals surface area contributed by atoms with E-state index >= 15 is 0 Å². The summed E-state index contributed by atoms with van der Waals surface area (Å²) in [4.78, 5) is 25.8. The summed E-state index contributed by atoms with van der Waals surface area (Å²) in [5.41, 5.74) is 0.569. The van der Waals surface area contributed by atoms with E-state index < -0.39 is 5.92 Å². The Bertz CT molecular complexity index is 921. The van der Waals surface area contributed by atoms with Crippen molar-refractivity contribution < 1.29 is 18.3 Å². The molecule has 2 aliphatic carbocycles. The number of carbonyl (C=O) groups is 1. The Balaban J connectivity index is 1.49. The predicted octanol–water partition coefficient (Wildman–Crippen LogP) is 4.31. The number of ether oxygens (including phenoxy) is 1. The van der Waals surface area contributed by atoms with Crippen LogP contribution in [0.1, 0.15) is 71.1 Å². The van der Waals surface area contributed by atoms with Crippen molar-refractivity contribution in [3.8, 4) is 0 Å². The van der Waals surface area contributed by atoms with Crippen LogP contribution in [0.2, 0.25) is 0 Å². The molecule has 5 rings (SSSR count). The molecule has 1 aromatic rings. The van der Waals surface area contributed by atoms with Gasteiger partial charge in [0.05, 0.1) is 6.61 Å². The maximum atomic E-state index is 14.7. The second kappa shape index (κ2) is 7.26. The van der Waals surface area contributed by atoms with E-state index in [1.54, 1.807) is 0 Å². The number of anilines is 2. The predicted molar refractivity (Wildman–Crippen MR) is 118 cm³/mol. The first kappa shape index (κ1) is 21.8. The standard InChI is InChI=1S/C24H34F2N4O2/c1-5-22-13-29(14-23(22,6-2)17(22)12-18(31)32-7-3)20-16-8-10-24(25,26)19(16)27-21(28-20)30-11-9-15(30)4/h15,17H,5-14H2,1-4H3/t15?,17-,22-,23+. The van der Waals surface area contributed by atoms with E-state index in [4.69, 9.17) is 9.72 Å². The highest BCUT2D eigenvalue weighted by molar-refractivity contribution is 5.71. The Labute approximate surface area is 188 Å². The number of rotatable bonds is 7. The molecule has 0 spiro atoms. The van der Waals surface area contributed by atoms with Gasteiger partial charge in [0.15, 0.2) is 0 Å². The Hall–Kier alpha value is -1.99. The number of hydrogen-bond donors (Lipinski definition) is 0. The Morgan fingerprint density at radius 1 is 1.16 bits per heavy atom. The molecule has 1 aromatic heterocycles. The molecular formula is C24H34F2N4O2. The van der Waals surface area contributed by atoms with Crippen LogP contribution in [0, 0.1) is 16.7 Å². The molecular weight excluding hydrogens is 414 g/mol. The first-order chi connectivity index (χ1) is 15.2.